The fourth-order valence-electron chi connectivity index (χ4n) is 1.98. The number of hydrogen-bond donors (Lipinski definition) is 1. The van der Waals surface area contributed by atoms with Crippen molar-refractivity contribution in [2.24, 2.45) is 0 Å². The molecule has 1 heterocycles. The van der Waals surface area contributed by atoms with E-state index < -0.39 is 18.0 Å². The normalized spacial score (nSPS) is 11.8. The number of aromatic nitrogens is 1. The summed E-state index contributed by atoms with van der Waals surface area (Å²) < 4.78 is 9.60. The lowest BCUT2D eigenvalue weighted by molar-refractivity contribution is -0.156. The molecule has 24 heavy (non-hydrogen) atoms. The standard InChI is InChI=1S/C17H20N2O4S/c1-4-12-5-7-13(8-6-12)14-10-24-17(18-14)19-16(21)11(2)23-15(20)9-22-3/h5-8,10-11H,4,9H2,1-3H3,(H,18,19,21)/t11-/m0/s1. The van der Waals surface area contributed by atoms with E-state index >= 15 is 0 Å². The van der Waals surface area contributed by atoms with Gasteiger partial charge < -0.3 is 9.47 Å². The van der Waals surface area contributed by atoms with Crippen molar-refractivity contribution in [2.45, 2.75) is 26.4 Å². The minimum absolute atomic E-state index is 0.188. The molecule has 0 aliphatic heterocycles. The molecule has 0 bridgehead atoms. The number of methoxy groups -OCH3 is 1. The van der Waals surface area contributed by atoms with Crippen LogP contribution < -0.4 is 5.32 Å². The Kier molecular flexibility index (Phi) is 6.45. The van der Waals surface area contributed by atoms with Gasteiger partial charge in [-0.2, -0.15) is 0 Å². The molecule has 2 aromatic rings. The van der Waals surface area contributed by atoms with Crippen LogP contribution in [-0.2, 0) is 25.5 Å². The van der Waals surface area contributed by atoms with Crippen molar-refractivity contribution >= 4 is 28.3 Å². The zero-order valence-corrected chi connectivity index (χ0v) is 14.7. The molecule has 1 aromatic heterocycles. The van der Waals surface area contributed by atoms with Crippen LogP contribution >= 0.6 is 11.3 Å². The summed E-state index contributed by atoms with van der Waals surface area (Å²) in [7, 11) is 1.39. The van der Waals surface area contributed by atoms with Gasteiger partial charge in [0.2, 0.25) is 0 Å². The molecular weight excluding hydrogens is 328 g/mol. The van der Waals surface area contributed by atoms with Gasteiger partial charge in [-0.05, 0) is 18.9 Å². The third kappa shape index (κ3) is 4.87. The van der Waals surface area contributed by atoms with Crippen molar-refractivity contribution in [3.63, 3.8) is 0 Å². The molecule has 0 saturated heterocycles. The van der Waals surface area contributed by atoms with Crippen LogP contribution in [0, 0.1) is 0 Å². The molecule has 1 N–H and O–H groups in total. The molecule has 0 radical (unpaired) electrons. The highest BCUT2D eigenvalue weighted by molar-refractivity contribution is 7.14. The average Bonchev–Trinajstić information content (AvgIpc) is 3.03. The number of nitrogens with one attached hydrogen (secondary N) is 1. The molecule has 1 amide bonds. The summed E-state index contributed by atoms with van der Waals surface area (Å²) in [5.74, 6) is -1.02. The molecule has 0 unspecified atom stereocenters. The maximum absolute atomic E-state index is 12.0. The predicted molar refractivity (Wildman–Crippen MR) is 93.0 cm³/mol. The second-order valence-corrected chi connectivity index (χ2v) is 6.00. The average molecular weight is 348 g/mol. The van der Waals surface area contributed by atoms with Crippen LogP contribution in [0.1, 0.15) is 19.4 Å². The minimum Gasteiger partial charge on any atom is -0.451 e. The Balaban J connectivity index is 1.97. The number of rotatable bonds is 7. The Morgan fingerprint density at radius 2 is 2.00 bits per heavy atom. The third-order valence-corrected chi connectivity index (χ3v) is 4.09. The van der Waals surface area contributed by atoms with E-state index in [0.29, 0.717) is 5.13 Å². The Bertz CT molecular complexity index is 697. The van der Waals surface area contributed by atoms with Crippen molar-refractivity contribution in [3.05, 3.63) is 35.2 Å². The largest absolute Gasteiger partial charge is 0.451 e. The number of carbonyl (C=O) groups excluding carboxylic acids is 2. The lowest BCUT2D eigenvalue weighted by Crippen LogP contribution is -2.31. The Morgan fingerprint density at radius 1 is 1.29 bits per heavy atom. The van der Waals surface area contributed by atoms with Crippen LogP contribution in [0.5, 0.6) is 0 Å². The molecule has 2 rings (SSSR count). The number of carbonyl (C=O) groups is 2. The van der Waals surface area contributed by atoms with Gasteiger partial charge in [0.15, 0.2) is 11.2 Å². The first kappa shape index (κ1) is 18.1. The first-order valence-electron chi connectivity index (χ1n) is 7.57. The monoisotopic (exact) mass is 348 g/mol. The number of hydrogen-bond acceptors (Lipinski definition) is 6. The van der Waals surface area contributed by atoms with E-state index in [-0.39, 0.29) is 6.61 Å². The van der Waals surface area contributed by atoms with Crippen LogP contribution in [0.2, 0.25) is 0 Å². The number of thiazole rings is 1. The van der Waals surface area contributed by atoms with Crippen molar-refractivity contribution in [3.8, 4) is 11.3 Å². The summed E-state index contributed by atoms with van der Waals surface area (Å²) in [6, 6.07) is 8.14. The molecule has 0 fully saturated rings. The van der Waals surface area contributed by atoms with Gasteiger partial charge in [0.05, 0.1) is 5.69 Å². The molecule has 7 heteroatoms. The number of benzene rings is 1. The summed E-state index contributed by atoms with van der Waals surface area (Å²) in [5, 5.41) is 4.99. The van der Waals surface area contributed by atoms with Gasteiger partial charge in [-0.25, -0.2) is 9.78 Å². The molecular formula is C17H20N2O4S. The molecule has 0 saturated carbocycles. The van der Waals surface area contributed by atoms with Crippen LogP contribution in [0.4, 0.5) is 5.13 Å². The van der Waals surface area contributed by atoms with Gasteiger partial charge >= 0.3 is 5.97 Å². The number of nitrogens with zero attached hydrogens (tertiary/aromatic N) is 1. The van der Waals surface area contributed by atoms with Crippen molar-refractivity contribution in [2.75, 3.05) is 19.0 Å². The molecule has 128 valence electrons. The Labute approximate surface area is 144 Å². The van der Waals surface area contributed by atoms with Crippen LogP contribution in [0.15, 0.2) is 29.6 Å². The fraction of sp³-hybridized carbons (Fsp3) is 0.353. The SMILES string of the molecule is CCc1ccc(-c2csc(NC(=O)[C@H](C)OC(=O)COC)n2)cc1. The fourth-order valence-corrected chi connectivity index (χ4v) is 2.71. The zero-order valence-electron chi connectivity index (χ0n) is 13.9. The molecule has 1 aromatic carbocycles. The van der Waals surface area contributed by atoms with Gasteiger partial charge in [0, 0.05) is 18.1 Å². The molecule has 0 aliphatic carbocycles. The summed E-state index contributed by atoms with van der Waals surface area (Å²) in [6.07, 6.45) is 0.0713. The van der Waals surface area contributed by atoms with Crippen LogP contribution in [-0.4, -0.2) is 36.7 Å². The highest BCUT2D eigenvalue weighted by Crippen LogP contribution is 2.25. The summed E-state index contributed by atoms with van der Waals surface area (Å²) >= 11 is 1.32. The quantitative estimate of drug-likeness (QED) is 0.779. The summed E-state index contributed by atoms with van der Waals surface area (Å²) in [5.41, 5.74) is 3.04. The third-order valence-electron chi connectivity index (χ3n) is 3.33. The number of esters is 1. The molecule has 0 aliphatic rings. The Hall–Kier alpha value is -2.25. The van der Waals surface area contributed by atoms with Crippen molar-refractivity contribution in [1.29, 1.82) is 0 Å². The topological polar surface area (TPSA) is 77.5 Å². The summed E-state index contributed by atoms with van der Waals surface area (Å²) in [4.78, 5) is 27.7. The molecule has 1 atom stereocenters. The number of aryl methyl sites for hydroxylation is 1. The highest BCUT2D eigenvalue weighted by Gasteiger charge is 2.19. The number of anilines is 1. The molecule has 0 spiro atoms. The van der Waals surface area contributed by atoms with Crippen LogP contribution in [0.3, 0.4) is 0 Å². The zero-order chi connectivity index (χ0) is 17.5. The first-order valence-corrected chi connectivity index (χ1v) is 8.45. The Morgan fingerprint density at radius 3 is 2.62 bits per heavy atom. The van der Waals surface area contributed by atoms with Crippen LogP contribution in [0.25, 0.3) is 11.3 Å². The smallest absolute Gasteiger partial charge is 0.332 e. The van der Waals surface area contributed by atoms with E-state index in [2.05, 4.69) is 34.1 Å². The maximum atomic E-state index is 12.0. The van der Waals surface area contributed by atoms with Gasteiger partial charge in [-0.1, -0.05) is 31.2 Å². The van der Waals surface area contributed by atoms with E-state index in [0.717, 1.165) is 17.7 Å². The number of amides is 1. The second-order valence-electron chi connectivity index (χ2n) is 5.14. The minimum atomic E-state index is -0.913. The van der Waals surface area contributed by atoms with Gasteiger partial charge in [-0.15, -0.1) is 11.3 Å². The molecule has 6 nitrogen and oxygen atoms in total. The van der Waals surface area contributed by atoms with Gasteiger partial charge in [0.25, 0.3) is 5.91 Å². The van der Waals surface area contributed by atoms with E-state index in [1.54, 1.807) is 0 Å². The van der Waals surface area contributed by atoms with Crippen molar-refractivity contribution in [1.82, 2.24) is 4.98 Å². The van der Waals surface area contributed by atoms with E-state index in [4.69, 9.17) is 4.74 Å². The van der Waals surface area contributed by atoms with E-state index in [1.807, 2.05) is 17.5 Å². The van der Waals surface area contributed by atoms with Crippen molar-refractivity contribution < 1.29 is 19.1 Å². The van der Waals surface area contributed by atoms with E-state index in [9.17, 15) is 9.59 Å². The van der Waals surface area contributed by atoms with E-state index in [1.165, 1.54) is 30.9 Å². The second kappa shape index (κ2) is 8.56. The number of ether oxygens (including phenoxy) is 2. The predicted octanol–water partition coefficient (Wildman–Crippen LogP) is 2.89. The lowest BCUT2D eigenvalue weighted by Gasteiger charge is -2.11. The van der Waals surface area contributed by atoms with Gasteiger partial charge in [0.1, 0.15) is 6.61 Å². The highest BCUT2D eigenvalue weighted by atomic mass is 32.1. The lowest BCUT2D eigenvalue weighted by atomic mass is 10.1. The maximum Gasteiger partial charge on any atom is 0.332 e. The van der Waals surface area contributed by atoms with Gasteiger partial charge in [-0.3, -0.25) is 10.1 Å². The summed E-state index contributed by atoms with van der Waals surface area (Å²) in [6.45, 7) is 3.42. The first-order chi connectivity index (χ1) is 11.5.